The van der Waals surface area contributed by atoms with Crippen molar-refractivity contribution >= 4 is 57.7 Å². The van der Waals surface area contributed by atoms with Gasteiger partial charge in [-0.3, -0.25) is 14.4 Å². The second-order valence-electron chi connectivity index (χ2n) is 9.83. The number of rotatable bonds is 11. The molecule has 0 fully saturated rings. The van der Waals surface area contributed by atoms with Crippen molar-refractivity contribution in [1.29, 1.82) is 0 Å². The first-order valence-corrected chi connectivity index (χ1v) is 15.0. The van der Waals surface area contributed by atoms with E-state index in [2.05, 4.69) is 16.0 Å². The molecule has 45 heavy (non-hydrogen) atoms. The van der Waals surface area contributed by atoms with Crippen LogP contribution >= 0.6 is 11.8 Å². The lowest BCUT2D eigenvalue weighted by atomic mass is 10.1. The zero-order chi connectivity index (χ0) is 31.6. The van der Waals surface area contributed by atoms with Crippen LogP contribution in [-0.4, -0.2) is 37.7 Å². The number of fused-ring (bicyclic) bond motifs is 1. The molecule has 226 valence electrons. The van der Waals surface area contributed by atoms with Crippen molar-refractivity contribution in [2.75, 3.05) is 30.6 Å². The number of thioether (sulfide) groups is 1. The molecule has 0 bridgehead atoms. The Morgan fingerprint density at radius 2 is 1.44 bits per heavy atom. The zero-order valence-corrected chi connectivity index (χ0v) is 25.5. The molecule has 0 aliphatic heterocycles. The minimum Gasteiger partial charge on any atom is -0.493 e. The number of anilines is 2. The predicted octanol–water partition coefficient (Wildman–Crippen LogP) is 7.00. The first-order chi connectivity index (χ1) is 21.9. The van der Waals surface area contributed by atoms with Gasteiger partial charge in [0.25, 0.3) is 11.8 Å². The second-order valence-corrected chi connectivity index (χ2v) is 10.9. The van der Waals surface area contributed by atoms with E-state index in [9.17, 15) is 14.4 Å². The fraction of sp³-hybridized carbons (Fsp3) is 0.0833. The van der Waals surface area contributed by atoms with Gasteiger partial charge in [0.2, 0.25) is 5.91 Å². The number of methoxy groups -OCH3 is 2. The number of carbonyl (C=O) groups is 3. The Labute approximate surface area is 265 Å². The van der Waals surface area contributed by atoms with Gasteiger partial charge in [-0.15, -0.1) is 11.8 Å². The Balaban J connectivity index is 1.26. The molecular weight excluding hydrogens is 586 g/mol. The van der Waals surface area contributed by atoms with Gasteiger partial charge in [-0.05, 0) is 71.6 Å². The third-order valence-corrected chi connectivity index (χ3v) is 7.81. The first-order valence-electron chi connectivity index (χ1n) is 14.1. The van der Waals surface area contributed by atoms with Crippen LogP contribution in [-0.2, 0) is 9.59 Å². The average molecular weight is 618 g/mol. The van der Waals surface area contributed by atoms with Gasteiger partial charge in [-0.2, -0.15) is 0 Å². The minimum absolute atomic E-state index is 0.0413. The van der Waals surface area contributed by atoms with E-state index in [1.165, 1.54) is 26.0 Å². The zero-order valence-electron chi connectivity index (χ0n) is 24.7. The van der Waals surface area contributed by atoms with Crippen molar-refractivity contribution in [3.05, 3.63) is 132 Å². The number of carbonyl (C=O) groups excluding carboxylic acids is 3. The largest absolute Gasteiger partial charge is 0.493 e. The van der Waals surface area contributed by atoms with E-state index in [1.54, 1.807) is 60.7 Å². The van der Waals surface area contributed by atoms with Crippen molar-refractivity contribution < 1.29 is 23.9 Å². The van der Waals surface area contributed by atoms with Crippen LogP contribution in [0.5, 0.6) is 11.5 Å². The third kappa shape index (κ3) is 8.10. The van der Waals surface area contributed by atoms with Gasteiger partial charge in [-0.1, -0.05) is 60.7 Å². The van der Waals surface area contributed by atoms with E-state index in [0.717, 1.165) is 21.4 Å². The van der Waals surface area contributed by atoms with Crippen LogP contribution in [0.4, 0.5) is 11.4 Å². The summed E-state index contributed by atoms with van der Waals surface area (Å²) in [6, 6.07) is 34.7. The van der Waals surface area contributed by atoms with Gasteiger partial charge in [-0.25, -0.2) is 0 Å². The van der Waals surface area contributed by atoms with E-state index >= 15 is 0 Å². The quantitative estimate of drug-likeness (QED) is 0.109. The Bertz CT molecular complexity index is 1850. The number of amides is 3. The molecule has 5 rings (SSSR count). The van der Waals surface area contributed by atoms with Crippen LogP contribution in [0.3, 0.4) is 0 Å². The van der Waals surface area contributed by atoms with Crippen LogP contribution in [0.25, 0.3) is 16.8 Å². The molecule has 0 unspecified atom stereocenters. The SMILES string of the molecule is COc1ccc(/C=C(\NC(=O)c2ccccc2)C(=O)Nc2ccc(SCC(=O)Nc3cccc4ccccc34)cc2)cc1OC. The van der Waals surface area contributed by atoms with E-state index in [4.69, 9.17) is 9.47 Å². The summed E-state index contributed by atoms with van der Waals surface area (Å²) in [5.74, 6) is 0.193. The highest BCUT2D eigenvalue weighted by Crippen LogP contribution is 2.29. The van der Waals surface area contributed by atoms with Gasteiger partial charge in [0.05, 0.1) is 20.0 Å². The van der Waals surface area contributed by atoms with Crippen LogP contribution in [0, 0.1) is 0 Å². The van der Waals surface area contributed by atoms with Gasteiger partial charge in [0.15, 0.2) is 11.5 Å². The Morgan fingerprint density at radius 3 is 2.20 bits per heavy atom. The maximum atomic E-state index is 13.4. The van der Waals surface area contributed by atoms with Crippen LogP contribution in [0.15, 0.2) is 126 Å². The molecule has 0 spiro atoms. The number of nitrogens with one attached hydrogen (secondary N) is 3. The summed E-state index contributed by atoms with van der Waals surface area (Å²) in [5, 5.41) is 10.6. The minimum atomic E-state index is -0.510. The standard InChI is InChI=1S/C36H31N3O5S/c1-43-32-20-15-24(22-33(32)44-2)21-31(39-35(41)26-10-4-3-5-11-26)36(42)37-27-16-18-28(19-17-27)45-23-34(40)38-30-14-8-12-25-9-6-7-13-29(25)30/h3-22H,23H2,1-2H3,(H,37,42)(H,38,40)(H,39,41)/b31-21-. The first kappa shape index (κ1) is 30.9. The molecule has 3 N–H and O–H groups in total. The fourth-order valence-electron chi connectivity index (χ4n) is 4.55. The summed E-state index contributed by atoms with van der Waals surface area (Å²) >= 11 is 1.39. The highest BCUT2D eigenvalue weighted by Gasteiger charge is 2.16. The van der Waals surface area contributed by atoms with E-state index in [1.807, 2.05) is 60.7 Å². The average Bonchev–Trinajstić information content (AvgIpc) is 3.08. The molecule has 0 heterocycles. The summed E-state index contributed by atoms with van der Waals surface area (Å²) in [5.41, 5.74) is 2.37. The summed E-state index contributed by atoms with van der Waals surface area (Å²) in [6.45, 7) is 0. The molecule has 0 aliphatic carbocycles. The topological polar surface area (TPSA) is 106 Å². The molecule has 8 nitrogen and oxygen atoms in total. The fourth-order valence-corrected chi connectivity index (χ4v) is 5.25. The number of hydrogen-bond acceptors (Lipinski definition) is 6. The van der Waals surface area contributed by atoms with Gasteiger partial charge >= 0.3 is 0 Å². The van der Waals surface area contributed by atoms with Gasteiger partial charge in [0, 0.05) is 27.2 Å². The molecule has 9 heteroatoms. The van der Waals surface area contributed by atoms with Crippen molar-refractivity contribution in [2.45, 2.75) is 4.90 Å². The maximum Gasteiger partial charge on any atom is 0.272 e. The number of hydrogen-bond donors (Lipinski definition) is 3. The molecule has 5 aromatic carbocycles. The Morgan fingerprint density at radius 1 is 0.733 bits per heavy atom. The van der Waals surface area contributed by atoms with Crippen molar-refractivity contribution in [1.82, 2.24) is 5.32 Å². The highest BCUT2D eigenvalue weighted by molar-refractivity contribution is 8.00. The molecule has 0 radical (unpaired) electrons. The molecule has 0 atom stereocenters. The van der Waals surface area contributed by atoms with Crippen molar-refractivity contribution in [3.63, 3.8) is 0 Å². The van der Waals surface area contributed by atoms with Crippen LogP contribution in [0.1, 0.15) is 15.9 Å². The predicted molar refractivity (Wildman–Crippen MR) is 180 cm³/mol. The smallest absolute Gasteiger partial charge is 0.272 e. The molecule has 0 aromatic heterocycles. The molecule has 0 aliphatic rings. The summed E-state index contributed by atoms with van der Waals surface area (Å²) in [4.78, 5) is 39.9. The number of benzene rings is 5. The van der Waals surface area contributed by atoms with E-state index in [-0.39, 0.29) is 17.4 Å². The molecule has 3 amide bonds. The molecule has 0 saturated carbocycles. The molecule has 0 saturated heterocycles. The van der Waals surface area contributed by atoms with Crippen LogP contribution in [0.2, 0.25) is 0 Å². The highest BCUT2D eigenvalue weighted by atomic mass is 32.2. The van der Waals surface area contributed by atoms with Gasteiger partial charge in [0.1, 0.15) is 5.70 Å². The maximum absolute atomic E-state index is 13.4. The lowest BCUT2D eigenvalue weighted by molar-refractivity contribution is -0.114. The van der Waals surface area contributed by atoms with E-state index < -0.39 is 11.8 Å². The summed E-state index contributed by atoms with van der Waals surface area (Å²) in [7, 11) is 3.06. The number of ether oxygens (including phenoxy) is 2. The molecular formula is C36H31N3O5S. The van der Waals surface area contributed by atoms with Crippen LogP contribution < -0.4 is 25.4 Å². The summed E-state index contributed by atoms with van der Waals surface area (Å²) < 4.78 is 10.7. The van der Waals surface area contributed by atoms with Crippen molar-refractivity contribution in [2.24, 2.45) is 0 Å². The third-order valence-electron chi connectivity index (χ3n) is 6.79. The Kier molecular flexibility index (Phi) is 10.1. The van der Waals surface area contributed by atoms with E-state index in [0.29, 0.717) is 28.3 Å². The van der Waals surface area contributed by atoms with Crippen molar-refractivity contribution in [3.8, 4) is 11.5 Å². The second kappa shape index (κ2) is 14.8. The Hall–Kier alpha value is -5.54. The lowest BCUT2D eigenvalue weighted by Crippen LogP contribution is -2.30. The molecule has 5 aromatic rings. The normalized spacial score (nSPS) is 11.0. The van der Waals surface area contributed by atoms with Gasteiger partial charge < -0.3 is 25.4 Å². The summed E-state index contributed by atoms with van der Waals surface area (Å²) in [6.07, 6.45) is 1.57. The lowest BCUT2D eigenvalue weighted by Gasteiger charge is -2.13. The monoisotopic (exact) mass is 617 g/mol.